The SMILES string of the molecule is C[C@H]1CCCN([C@@H]2CC(=O)N(c3ccc(N4C(=O)C[C@H](N5CCC[C@H](C)C5)C4=O)cc3)C2=O)C1. The second kappa shape index (κ2) is 9.23. The molecule has 0 saturated carbocycles. The lowest BCUT2D eigenvalue weighted by molar-refractivity contribution is -0.124. The lowest BCUT2D eigenvalue weighted by Crippen LogP contribution is -2.46. The highest BCUT2D eigenvalue weighted by molar-refractivity contribution is 6.24. The van der Waals surface area contributed by atoms with E-state index < -0.39 is 12.1 Å². The lowest BCUT2D eigenvalue weighted by Gasteiger charge is -2.34. The van der Waals surface area contributed by atoms with E-state index in [4.69, 9.17) is 0 Å². The molecule has 4 aliphatic heterocycles. The van der Waals surface area contributed by atoms with Crippen LogP contribution in [-0.2, 0) is 19.2 Å². The van der Waals surface area contributed by atoms with Crippen LogP contribution in [0.5, 0.6) is 0 Å². The molecule has 182 valence electrons. The first-order valence-electron chi connectivity index (χ1n) is 12.6. The predicted molar refractivity (Wildman–Crippen MR) is 128 cm³/mol. The summed E-state index contributed by atoms with van der Waals surface area (Å²) in [5.41, 5.74) is 0.985. The quantitative estimate of drug-likeness (QED) is 0.634. The van der Waals surface area contributed by atoms with Gasteiger partial charge in [0.2, 0.25) is 11.8 Å². The monoisotopic (exact) mass is 466 g/mol. The second-order valence-corrected chi connectivity index (χ2v) is 10.6. The third-order valence-electron chi connectivity index (χ3n) is 7.87. The van der Waals surface area contributed by atoms with Gasteiger partial charge in [0.15, 0.2) is 0 Å². The van der Waals surface area contributed by atoms with E-state index >= 15 is 0 Å². The van der Waals surface area contributed by atoms with Gasteiger partial charge in [0.1, 0.15) is 0 Å². The van der Waals surface area contributed by atoms with Gasteiger partial charge in [0, 0.05) is 13.1 Å². The van der Waals surface area contributed by atoms with Crippen LogP contribution in [-0.4, -0.2) is 71.7 Å². The molecule has 8 heteroatoms. The van der Waals surface area contributed by atoms with Crippen LogP contribution in [0.25, 0.3) is 0 Å². The van der Waals surface area contributed by atoms with E-state index in [1.54, 1.807) is 24.3 Å². The van der Waals surface area contributed by atoms with Crippen LogP contribution in [0.1, 0.15) is 52.4 Å². The molecule has 0 N–H and O–H groups in total. The van der Waals surface area contributed by atoms with Gasteiger partial charge in [0.05, 0.1) is 36.3 Å². The summed E-state index contributed by atoms with van der Waals surface area (Å²) in [6, 6.07) is 5.88. The number of rotatable bonds is 4. The molecule has 8 nitrogen and oxygen atoms in total. The number of carbonyl (C=O) groups excluding carboxylic acids is 4. The summed E-state index contributed by atoms with van der Waals surface area (Å²) in [6.07, 6.45) is 4.80. The number of nitrogens with zero attached hydrogens (tertiary/aromatic N) is 4. The minimum atomic E-state index is -0.399. The highest BCUT2D eigenvalue weighted by atomic mass is 16.2. The third-order valence-corrected chi connectivity index (χ3v) is 7.87. The van der Waals surface area contributed by atoms with Crippen molar-refractivity contribution in [3.8, 4) is 0 Å². The smallest absolute Gasteiger partial charge is 0.251 e. The third kappa shape index (κ3) is 4.18. The fraction of sp³-hybridized carbons (Fsp3) is 0.615. The molecule has 4 aliphatic rings. The van der Waals surface area contributed by atoms with Crippen LogP contribution in [0, 0.1) is 11.8 Å². The maximum Gasteiger partial charge on any atom is 0.251 e. The van der Waals surface area contributed by atoms with Crippen molar-refractivity contribution < 1.29 is 19.2 Å². The molecule has 0 spiro atoms. The van der Waals surface area contributed by atoms with E-state index in [1.807, 2.05) is 0 Å². The highest BCUT2D eigenvalue weighted by Gasteiger charge is 2.45. The molecule has 34 heavy (non-hydrogen) atoms. The number of carbonyl (C=O) groups is 4. The van der Waals surface area contributed by atoms with Crippen molar-refractivity contribution in [3.63, 3.8) is 0 Å². The number of likely N-dealkylation sites (tertiary alicyclic amines) is 2. The van der Waals surface area contributed by atoms with Crippen LogP contribution in [0.2, 0.25) is 0 Å². The Morgan fingerprint density at radius 1 is 0.647 bits per heavy atom. The van der Waals surface area contributed by atoms with Gasteiger partial charge < -0.3 is 0 Å². The minimum absolute atomic E-state index is 0.181. The summed E-state index contributed by atoms with van der Waals surface area (Å²) < 4.78 is 0. The van der Waals surface area contributed by atoms with Gasteiger partial charge in [-0.3, -0.25) is 29.0 Å². The van der Waals surface area contributed by atoms with E-state index in [2.05, 4.69) is 23.6 Å². The van der Waals surface area contributed by atoms with Crippen LogP contribution < -0.4 is 9.80 Å². The van der Waals surface area contributed by atoms with E-state index in [0.717, 1.165) is 51.9 Å². The molecule has 0 bridgehead atoms. The Morgan fingerprint density at radius 3 is 1.38 bits per heavy atom. The van der Waals surface area contributed by atoms with Gasteiger partial charge in [-0.25, -0.2) is 9.80 Å². The van der Waals surface area contributed by atoms with Crippen molar-refractivity contribution >= 4 is 35.0 Å². The first-order valence-corrected chi connectivity index (χ1v) is 12.6. The maximum absolute atomic E-state index is 13.2. The van der Waals surface area contributed by atoms with Gasteiger partial charge in [-0.2, -0.15) is 0 Å². The number of hydrogen-bond donors (Lipinski definition) is 0. The molecular formula is C26H34N4O4. The zero-order valence-electron chi connectivity index (χ0n) is 20.1. The van der Waals surface area contributed by atoms with E-state index in [1.165, 1.54) is 9.80 Å². The summed E-state index contributed by atoms with van der Waals surface area (Å²) >= 11 is 0. The van der Waals surface area contributed by atoms with Crippen molar-refractivity contribution in [1.29, 1.82) is 0 Å². The number of imide groups is 2. The highest BCUT2D eigenvalue weighted by Crippen LogP contribution is 2.32. The molecule has 1 aromatic rings. The standard InChI is InChI=1S/C26H34N4O4/c1-17-5-3-11-27(15-17)21-13-23(31)29(25(21)33)19-7-9-20(10-8-19)30-24(32)14-22(26(30)34)28-12-4-6-18(2)16-28/h7-10,17-18,21-22H,3-6,11-16H2,1-2H3/t17-,18-,21-,22+/m0/s1. The number of benzene rings is 1. The number of piperidine rings is 2. The molecule has 5 rings (SSSR count). The first-order chi connectivity index (χ1) is 16.3. The number of hydrogen-bond acceptors (Lipinski definition) is 6. The van der Waals surface area contributed by atoms with E-state index in [-0.39, 0.29) is 36.5 Å². The molecule has 4 amide bonds. The molecule has 0 unspecified atom stereocenters. The average Bonchev–Trinajstić information content (AvgIpc) is 3.28. The van der Waals surface area contributed by atoms with E-state index in [0.29, 0.717) is 23.2 Å². The van der Waals surface area contributed by atoms with Crippen molar-refractivity contribution in [2.75, 3.05) is 36.0 Å². The fourth-order valence-corrected chi connectivity index (χ4v) is 6.11. The van der Waals surface area contributed by atoms with Crippen molar-refractivity contribution in [2.45, 2.75) is 64.5 Å². The fourth-order valence-electron chi connectivity index (χ4n) is 6.11. The number of amides is 4. The molecule has 0 aliphatic carbocycles. The average molecular weight is 467 g/mol. The Kier molecular flexibility index (Phi) is 6.29. The molecule has 1 aromatic carbocycles. The molecule has 4 heterocycles. The van der Waals surface area contributed by atoms with Crippen LogP contribution in [0.3, 0.4) is 0 Å². The first kappa shape index (κ1) is 23.2. The largest absolute Gasteiger partial charge is 0.291 e. The van der Waals surface area contributed by atoms with Crippen LogP contribution in [0.4, 0.5) is 11.4 Å². The van der Waals surface area contributed by atoms with Gasteiger partial charge in [-0.05, 0) is 74.9 Å². The van der Waals surface area contributed by atoms with E-state index in [9.17, 15) is 19.2 Å². The zero-order chi connectivity index (χ0) is 24.0. The number of anilines is 2. The van der Waals surface area contributed by atoms with Crippen molar-refractivity contribution in [3.05, 3.63) is 24.3 Å². The van der Waals surface area contributed by atoms with Gasteiger partial charge in [0.25, 0.3) is 11.8 Å². The van der Waals surface area contributed by atoms with Crippen LogP contribution >= 0.6 is 0 Å². The second-order valence-electron chi connectivity index (χ2n) is 10.6. The minimum Gasteiger partial charge on any atom is -0.291 e. The lowest BCUT2D eigenvalue weighted by atomic mass is 9.98. The predicted octanol–water partition coefficient (Wildman–Crippen LogP) is 2.41. The molecule has 4 saturated heterocycles. The van der Waals surface area contributed by atoms with Crippen LogP contribution in [0.15, 0.2) is 24.3 Å². The van der Waals surface area contributed by atoms with Crippen molar-refractivity contribution in [2.24, 2.45) is 11.8 Å². The Balaban J connectivity index is 1.30. The Morgan fingerprint density at radius 2 is 1.03 bits per heavy atom. The summed E-state index contributed by atoms with van der Waals surface area (Å²) in [5.74, 6) is 0.288. The molecule has 0 aromatic heterocycles. The van der Waals surface area contributed by atoms with Gasteiger partial charge in [-0.1, -0.05) is 13.8 Å². The maximum atomic E-state index is 13.2. The Labute approximate surface area is 200 Å². The summed E-state index contributed by atoms with van der Waals surface area (Å²) in [4.78, 5) is 58.6. The normalized spacial score (nSPS) is 31.7. The summed E-state index contributed by atoms with van der Waals surface area (Å²) in [5, 5.41) is 0. The van der Waals surface area contributed by atoms with Gasteiger partial charge >= 0.3 is 0 Å². The Bertz CT molecular complexity index is 914. The molecule has 4 fully saturated rings. The molecule has 0 radical (unpaired) electrons. The summed E-state index contributed by atoms with van der Waals surface area (Å²) in [6.45, 7) is 7.73. The zero-order valence-corrected chi connectivity index (χ0v) is 20.1. The van der Waals surface area contributed by atoms with Gasteiger partial charge in [-0.15, -0.1) is 0 Å². The Hall–Kier alpha value is -2.58. The molecule has 4 atom stereocenters. The van der Waals surface area contributed by atoms with Crippen molar-refractivity contribution in [1.82, 2.24) is 9.80 Å². The topological polar surface area (TPSA) is 81.2 Å². The molecular weight excluding hydrogens is 432 g/mol. The summed E-state index contributed by atoms with van der Waals surface area (Å²) in [7, 11) is 0.